The summed E-state index contributed by atoms with van der Waals surface area (Å²) in [4.78, 5) is 10.5. The van der Waals surface area contributed by atoms with Crippen molar-refractivity contribution >= 4 is 27.6 Å². The molecule has 0 radical (unpaired) electrons. The largest absolute Gasteiger partial charge is 0.481 e. The average Bonchev–Trinajstić information content (AvgIpc) is 2.75. The third-order valence-corrected chi connectivity index (χ3v) is 5.57. The van der Waals surface area contributed by atoms with E-state index in [0.717, 1.165) is 10.4 Å². The van der Waals surface area contributed by atoms with Crippen LogP contribution in [-0.2, 0) is 14.8 Å². The molecule has 2 rings (SSSR count). The Balaban J connectivity index is 2.38. The van der Waals surface area contributed by atoms with Crippen molar-refractivity contribution in [3.05, 3.63) is 29.0 Å². The monoisotopic (exact) mass is 321 g/mol. The SMILES string of the molecule is C[C@@H]1CN(S(=O)(=O)c2cccc(Cl)c2F)C[C@H]1C(=O)O. The van der Waals surface area contributed by atoms with Crippen LogP contribution >= 0.6 is 11.6 Å². The highest BCUT2D eigenvalue weighted by Gasteiger charge is 2.41. The summed E-state index contributed by atoms with van der Waals surface area (Å²) in [5.41, 5.74) is 0. The number of carboxylic acids is 1. The smallest absolute Gasteiger partial charge is 0.308 e. The molecule has 8 heteroatoms. The zero-order valence-corrected chi connectivity index (χ0v) is 12.2. The molecule has 1 aromatic carbocycles. The molecule has 1 fully saturated rings. The molecule has 110 valence electrons. The average molecular weight is 322 g/mol. The molecule has 20 heavy (non-hydrogen) atoms. The Morgan fingerprint density at radius 2 is 2.10 bits per heavy atom. The second-order valence-electron chi connectivity index (χ2n) is 4.80. The summed E-state index contributed by atoms with van der Waals surface area (Å²) < 4.78 is 39.6. The van der Waals surface area contributed by atoms with Gasteiger partial charge in [-0.05, 0) is 18.1 Å². The first-order valence-electron chi connectivity index (χ1n) is 5.92. The van der Waals surface area contributed by atoms with Crippen LogP contribution in [0.3, 0.4) is 0 Å². The van der Waals surface area contributed by atoms with Crippen molar-refractivity contribution in [2.45, 2.75) is 11.8 Å². The first-order valence-corrected chi connectivity index (χ1v) is 7.74. The van der Waals surface area contributed by atoms with E-state index >= 15 is 0 Å². The summed E-state index contributed by atoms with van der Waals surface area (Å²) >= 11 is 5.58. The van der Waals surface area contributed by atoms with Crippen LogP contribution in [0.2, 0.25) is 5.02 Å². The van der Waals surface area contributed by atoms with Crippen molar-refractivity contribution in [3.63, 3.8) is 0 Å². The maximum Gasteiger partial charge on any atom is 0.308 e. The number of carbonyl (C=O) groups is 1. The molecule has 0 saturated carbocycles. The lowest BCUT2D eigenvalue weighted by Crippen LogP contribution is -2.30. The van der Waals surface area contributed by atoms with Crippen molar-refractivity contribution in [1.82, 2.24) is 4.31 Å². The molecule has 1 heterocycles. The van der Waals surface area contributed by atoms with Crippen LogP contribution in [0.15, 0.2) is 23.1 Å². The number of nitrogens with zero attached hydrogens (tertiary/aromatic N) is 1. The Morgan fingerprint density at radius 1 is 1.45 bits per heavy atom. The lowest BCUT2D eigenvalue weighted by atomic mass is 9.99. The van der Waals surface area contributed by atoms with Crippen LogP contribution < -0.4 is 0 Å². The van der Waals surface area contributed by atoms with Crippen LogP contribution in [0.5, 0.6) is 0 Å². The molecule has 0 amide bonds. The van der Waals surface area contributed by atoms with Gasteiger partial charge in [0.05, 0.1) is 10.9 Å². The summed E-state index contributed by atoms with van der Waals surface area (Å²) in [6, 6.07) is 3.71. The first-order chi connectivity index (χ1) is 9.25. The molecule has 5 nitrogen and oxygen atoms in total. The third kappa shape index (κ3) is 2.53. The zero-order chi connectivity index (χ0) is 15.1. The van der Waals surface area contributed by atoms with Gasteiger partial charge in [-0.3, -0.25) is 4.79 Å². The Morgan fingerprint density at radius 3 is 2.65 bits per heavy atom. The van der Waals surface area contributed by atoms with E-state index in [9.17, 15) is 17.6 Å². The quantitative estimate of drug-likeness (QED) is 0.921. The molecule has 1 aliphatic rings. The van der Waals surface area contributed by atoms with Crippen LogP contribution in [0.1, 0.15) is 6.92 Å². The normalized spacial score (nSPS) is 23.9. The fourth-order valence-electron chi connectivity index (χ4n) is 2.26. The fraction of sp³-hybridized carbons (Fsp3) is 0.417. The standard InChI is InChI=1S/C12H13ClFNO4S/c1-7-5-15(6-8(7)12(16)17)20(18,19)10-4-2-3-9(13)11(10)14/h2-4,7-8H,5-6H2,1H3,(H,16,17)/t7-,8-/m1/s1. The molecule has 0 unspecified atom stereocenters. The Bertz CT molecular complexity index is 649. The van der Waals surface area contributed by atoms with Crippen molar-refractivity contribution in [2.75, 3.05) is 13.1 Å². The van der Waals surface area contributed by atoms with Crippen molar-refractivity contribution in [3.8, 4) is 0 Å². The maximum atomic E-state index is 13.8. The van der Waals surface area contributed by atoms with E-state index in [0.29, 0.717) is 0 Å². The molecule has 1 N–H and O–H groups in total. The lowest BCUT2D eigenvalue weighted by molar-refractivity contribution is -0.142. The number of hydrogen-bond donors (Lipinski definition) is 1. The first kappa shape index (κ1) is 15.2. The Labute approximate surface area is 121 Å². The summed E-state index contributed by atoms with van der Waals surface area (Å²) in [7, 11) is -4.08. The second-order valence-corrected chi connectivity index (χ2v) is 7.11. The van der Waals surface area contributed by atoms with E-state index < -0.39 is 32.6 Å². The van der Waals surface area contributed by atoms with Crippen molar-refractivity contribution < 1.29 is 22.7 Å². The molecular formula is C12H13ClFNO4S. The van der Waals surface area contributed by atoms with Gasteiger partial charge in [0.15, 0.2) is 5.82 Å². The van der Waals surface area contributed by atoms with E-state index in [1.165, 1.54) is 12.1 Å². The topological polar surface area (TPSA) is 74.7 Å². The molecule has 1 aromatic rings. The summed E-state index contributed by atoms with van der Waals surface area (Å²) in [6.45, 7) is 1.54. The van der Waals surface area contributed by atoms with E-state index in [2.05, 4.69) is 0 Å². The van der Waals surface area contributed by atoms with Crippen molar-refractivity contribution in [2.24, 2.45) is 11.8 Å². The minimum atomic E-state index is -4.08. The molecule has 0 spiro atoms. The minimum absolute atomic E-state index is 0.0469. The van der Waals surface area contributed by atoms with Gasteiger partial charge in [-0.15, -0.1) is 0 Å². The van der Waals surface area contributed by atoms with Gasteiger partial charge in [-0.2, -0.15) is 4.31 Å². The van der Waals surface area contributed by atoms with Gasteiger partial charge in [-0.25, -0.2) is 12.8 Å². The van der Waals surface area contributed by atoms with Crippen LogP contribution in [0.25, 0.3) is 0 Å². The van der Waals surface area contributed by atoms with Gasteiger partial charge >= 0.3 is 5.97 Å². The molecule has 1 saturated heterocycles. The number of carboxylic acid groups (broad SMARTS) is 1. The lowest BCUT2D eigenvalue weighted by Gasteiger charge is -2.16. The fourth-order valence-corrected chi connectivity index (χ4v) is 4.15. The van der Waals surface area contributed by atoms with E-state index in [1.54, 1.807) is 6.92 Å². The molecular weight excluding hydrogens is 309 g/mol. The molecule has 0 bridgehead atoms. The molecule has 2 atom stereocenters. The maximum absolute atomic E-state index is 13.8. The number of rotatable bonds is 3. The van der Waals surface area contributed by atoms with E-state index in [1.807, 2.05) is 0 Å². The van der Waals surface area contributed by atoms with E-state index in [-0.39, 0.29) is 24.0 Å². The zero-order valence-electron chi connectivity index (χ0n) is 10.6. The summed E-state index contributed by atoms with van der Waals surface area (Å²) in [5.74, 6) is -3.18. The van der Waals surface area contributed by atoms with E-state index in [4.69, 9.17) is 16.7 Å². The molecule has 0 aliphatic carbocycles. The Hall–Kier alpha value is -1.18. The van der Waals surface area contributed by atoms with Gasteiger partial charge in [-0.1, -0.05) is 24.6 Å². The van der Waals surface area contributed by atoms with Crippen LogP contribution in [-0.4, -0.2) is 36.9 Å². The van der Waals surface area contributed by atoms with Crippen LogP contribution in [0.4, 0.5) is 4.39 Å². The number of aliphatic carboxylic acids is 1. The van der Waals surface area contributed by atoms with Gasteiger partial charge in [0.1, 0.15) is 4.90 Å². The van der Waals surface area contributed by atoms with Crippen LogP contribution in [0, 0.1) is 17.7 Å². The predicted octanol–water partition coefficient (Wildman–Crippen LogP) is 1.82. The molecule has 0 aromatic heterocycles. The van der Waals surface area contributed by atoms with Gasteiger partial charge in [0, 0.05) is 13.1 Å². The highest BCUT2D eigenvalue weighted by atomic mass is 35.5. The highest BCUT2D eigenvalue weighted by molar-refractivity contribution is 7.89. The Kier molecular flexibility index (Phi) is 4.04. The number of hydrogen-bond acceptors (Lipinski definition) is 3. The highest BCUT2D eigenvalue weighted by Crippen LogP contribution is 2.31. The van der Waals surface area contributed by atoms with Crippen molar-refractivity contribution in [1.29, 1.82) is 0 Å². The van der Waals surface area contributed by atoms with Gasteiger partial charge in [0.2, 0.25) is 10.0 Å². The number of benzene rings is 1. The summed E-state index contributed by atoms with van der Waals surface area (Å²) in [6.07, 6.45) is 0. The predicted molar refractivity (Wildman–Crippen MR) is 70.5 cm³/mol. The third-order valence-electron chi connectivity index (χ3n) is 3.43. The van der Waals surface area contributed by atoms with Gasteiger partial charge < -0.3 is 5.11 Å². The number of halogens is 2. The number of sulfonamides is 1. The molecule has 1 aliphatic heterocycles. The minimum Gasteiger partial charge on any atom is -0.481 e. The second kappa shape index (κ2) is 5.31. The summed E-state index contributed by atoms with van der Waals surface area (Å²) in [5, 5.41) is 8.74. The van der Waals surface area contributed by atoms with Gasteiger partial charge in [0.25, 0.3) is 0 Å².